The number of aliphatic hydroxyl groups excluding tert-OH is 1. The number of anilines is 1. The van der Waals surface area contributed by atoms with Gasteiger partial charge in [0, 0.05) is 43.4 Å². The van der Waals surface area contributed by atoms with Crippen molar-refractivity contribution in [3.63, 3.8) is 0 Å². The topological polar surface area (TPSA) is 72.8 Å². The van der Waals surface area contributed by atoms with Crippen molar-refractivity contribution >= 4 is 46.4 Å². The molecule has 1 aromatic heterocycles. The fraction of sp³-hybridized carbons (Fsp3) is 0.800. The number of rotatable bonds is 7. The Bertz CT molecular complexity index is 619. The molecular weight excluding hydrogens is 485 g/mol. The Hall–Kier alpha value is -0.610. The maximum atomic E-state index is 10.4. The van der Waals surface area contributed by atoms with Gasteiger partial charge in [0.15, 0.2) is 11.1 Å². The molecule has 28 heavy (non-hydrogen) atoms. The highest BCUT2D eigenvalue weighted by Gasteiger charge is 2.35. The molecule has 0 aromatic carbocycles. The van der Waals surface area contributed by atoms with E-state index in [1.165, 1.54) is 24.4 Å². The van der Waals surface area contributed by atoms with Crippen molar-refractivity contribution in [2.45, 2.75) is 64.9 Å². The van der Waals surface area contributed by atoms with Crippen LogP contribution in [0.2, 0.25) is 0 Å². The van der Waals surface area contributed by atoms with Crippen molar-refractivity contribution in [1.29, 1.82) is 0 Å². The highest BCUT2D eigenvalue weighted by molar-refractivity contribution is 14.0. The van der Waals surface area contributed by atoms with Crippen LogP contribution in [0.15, 0.2) is 10.4 Å². The molecule has 0 radical (unpaired) electrons. The smallest absolute Gasteiger partial charge is 0.191 e. The Morgan fingerprint density at radius 1 is 1.32 bits per heavy atom. The molecule has 2 heterocycles. The Morgan fingerprint density at radius 2 is 2.11 bits per heavy atom. The zero-order valence-corrected chi connectivity index (χ0v) is 20.4. The molecule has 8 heteroatoms. The maximum absolute atomic E-state index is 10.4. The number of aromatic nitrogens is 1. The summed E-state index contributed by atoms with van der Waals surface area (Å²) in [5, 5.41) is 20.5. The average molecular weight is 522 g/mol. The van der Waals surface area contributed by atoms with Crippen molar-refractivity contribution < 1.29 is 5.11 Å². The number of halogens is 1. The van der Waals surface area contributed by atoms with Crippen LogP contribution in [0, 0.1) is 5.41 Å². The largest absolute Gasteiger partial charge is 0.392 e. The van der Waals surface area contributed by atoms with Gasteiger partial charge in [-0.05, 0) is 32.6 Å². The van der Waals surface area contributed by atoms with Crippen molar-refractivity contribution in [2.24, 2.45) is 10.4 Å². The molecule has 2 unspecified atom stereocenters. The highest BCUT2D eigenvalue weighted by atomic mass is 127. The molecule has 1 saturated carbocycles. The number of nitrogens with zero attached hydrogens (tertiary/aromatic N) is 3. The fourth-order valence-corrected chi connectivity index (χ4v) is 4.85. The van der Waals surface area contributed by atoms with Crippen molar-refractivity contribution in [3.8, 4) is 0 Å². The van der Waals surface area contributed by atoms with Crippen molar-refractivity contribution in [1.82, 2.24) is 15.6 Å². The third-order valence-corrected chi connectivity index (χ3v) is 6.76. The van der Waals surface area contributed by atoms with Gasteiger partial charge in [0.2, 0.25) is 0 Å². The molecular formula is C20H36IN5OS. The molecule has 2 aliphatic rings. The zero-order chi connectivity index (χ0) is 19.1. The number of guanidine groups is 1. The van der Waals surface area contributed by atoms with Crippen LogP contribution in [0.4, 0.5) is 5.13 Å². The van der Waals surface area contributed by atoms with E-state index >= 15 is 0 Å². The Balaban J connectivity index is 0.00000280. The van der Waals surface area contributed by atoms with Crippen LogP contribution in [-0.2, 0) is 6.42 Å². The third kappa shape index (κ3) is 6.45. The van der Waals surface area contributed by atoms with Crippen LogP contribution in [0.5, 0.6) is 0 Å². The minimum atomic E-state index is -0.239. The van der Waals surface area contributed by atoms with Gasteiger partial charge in [-0.25, -0.2) is 4.98 Å². The lowest BCUT2D eigenvalue weighted by Gasteiger charge is -2.37. The summed E-state index contributed by atoms with van der Waals surface area (Å²) in [6, 6.07) is 0. The first kappa shape index (κ1) is 23.7. The van der Waals surface area contributed by atoms with Gasteiger partial charge in [-0.3, -0.25) is 4.99 Å². The number of nitrogens with one attached hydrogen (secondary N) is 2. The lowest BCUT2D eigenvalue weighted by atomic mass is 9.73. The minimum absolute atomic E-state index is 0. The third-order valence-electron chi connectivity index (χ3n) is 5.81. The number of hydrogen-bond acceptors (Lipinski definition) is 5. The summed E-state index contributed by atoms with van der Waals surface area (Å²) in [5.41, 5.74) is 1.06. The van der Waals surface area contributed by atoms with Gasteiger partial charge in [-0.1, -0.05) is 19.8 Å². The van der Waals surface area contributed by atoms with Crippen LogP contribution in [0.3, 0.4) is 0 Å². The van der Waals surface area contributed by atoms with E-state index in [0.29, 0.717) is 6.54 Å². The van der Waals surface area contributed by atoms with Gasteiger partial charge < -0.3 is 20.6 Å². The van der Waals surface area contributed by atoms with Gasteiger partial charge in [-0.2, -0.15) is 0 Å². The first-order valence-electron chi connectivity index (χ1n) is 10.5. The van der Waals surface area contributed by atoms with Crippen LogP contribution in [0.25, 0.3) is 0 Å². The minimum Gasteiger partial charge on any atom is -0.392 e. The zero-order valence-electron chi connectivity index (χ0n) is 17.2. The molecule has 1 aromatic rings. The van der Waals surface area contributed by atoms with Gasteiger partial charge in [0.05, 0.1) is 18.3 Å². The quantitative estimate of drug-likeness (QED) is 0.292. The summed E-state index contributed by atoms with van der Waals surface area (Å²) in [5.74, 6) is 0.839. The number of aliphatic imine (C=N–C) groups is 1. The molecule has 1 saturated heterocycles. The van der Waals surface area contributed by atoms with Crippen LogP contribution in [0.1, 0.15) is 58.1 Å². The molecule has 1 aliphatic carbocycles. The molecule has 0 amide bonds. The highest BCUT2D eigenvalue weighted by Crippen LogP contribution is 2.36. The average Bonchev–Trinajstić information content (AvgIpc) is 3.34. The van der Waals surface area contributed by atoms with E-state index in [9.17, 15) is 5.11 Å². The number of aliphatic hydroxyl groups is 1. The Kier molecular flexibility index (Phi) is 9.76. The molecule has 0 bridgehead atoms. The van der Waals surface area contributed by atoms with Gasteiger partial charge in [0.1, 0.15) is 0 Å². The van der Waals surface area contributed by atoms with E-state index in [2.05, 4.69) is 34.8 Å². The predicted octanol–water partition coefficient (Wildman–Crippen LogP) is 3.40. The Labute approximate surface area is 190 Å². The fourth-order valence-electron chi connectivity index (χ4n) is 3.94. The summed E-state index contributed by atoms with van der Waals surface area (Å²) in [4.78, 5) is 11.9. The second kappa shape index (κ2) is 11.5. The summed E-state index contributed by atoms with van der Waals surface area (Å²) < 4.78 is 0. The lowest BCUT2D eigenvalue weighted by molar-refractivity contribution is 0.00716. The van der Waals surface area contributed by atoms with Crippen LogP contribution < -0.4 is 15.5 Å². The van der Waals surface area contributed by atoms with Crippen molar-refractivity contribution in [2.75, 3.05) is 37.6 Å². The van der Waals surface area contributed by atoms with Gasteiger partial charge in [-0.15, -0.1) is 35.3 Å². The summed E-state index contributed by atoms with van der Waals surface area (Å²) in [6.45, 7) is 8.85. The first-order chi connectivity index (χ1) is 13.1. The van der Waals surface area contributed by atoms with Crippen LogP contribution in [-0.4, -0.2) is 54.9 Å². The predicted molar refractivity (Wildman–Crippen MR) is 129 cm³/mol. The molecule has 0 spiro atoms. The summed E-state index contributed by atoms with van der Waals surface area (Å²) in [7, 11) is 0. The monoisotopic (exact) mass is 521 g/mol. The van der Waals surface area contributed by atoms with Crippen molar-refractivity contribution in [3.05, 3.63) is 11.1 Å². The normalized spacial score (nSPS) is 25.5. The van der Waals surface area contributed by atoms with E-state index in [0.717, 1.165) is 63.5 Å². The molecule has 3 rings (SSSR count). The molecule has 6 nitrogen and oxygen atoms in total. The Morgan fingerprint density at radius 3 is 2.82 bits per heavy atom. The second-order valence-corrected chi connectivity index (χ2v) is 8.94. The van der Waals surface area contributed by atoms with E-state index in [1.54, 1.807) is 11.3 Å². The number of thiazole rings is 1. The van der Waals surface area contributed by atoms with E-state index in [1.807, 2.05) is 0 Å². The molecule has 2 fully saturated rings. The number of hydrogen-bond donors (Lipinski definition) is 3. The van der Waals surface area contributed by atoms with Gasteiger partial charge >= 0.3 is 0 Å². The van der Waals surface area contributed by atoms with Crippen LogP contribution >= 0.6 is 35.3 Å². The summed E-state index contributed by atoms with van der Waals surface area (Å²) >= 11 is 1.76. The van der Waals surface area contributed by atoms with E-state index < -0.39 is 0 Å². The lowest BCUT2D eigenvalue weighted by Crippen LogP contribution is -2.42. The molecule has 160 valence electrons. The van der Waals surface area contributed by atoms with E-state index in [4.69, 9.17) is 9.98 Å². The first-order valence-corrected chi connectivity index (χ1v) is 11.4. The molecule has 3 N–H and O–H groups in total. The standard InChI is InChI=1S/C20H35N5OS.HI/c1-3-21-18(23-15-20(2)10-5-4-8-17(20)26)22-11-9-16-14-27-19(24-16)25-12-6-7-13-25;/h14,17,26H,3-13,15H2,1-2H3,(H2,21,22,23);1H. The second-order valence-electron chi connectivity index (χ2n) is 8.10. The molecule has 1 aliphatic heterocycles. The van der Waals surface area contributed by atoms with Gasteiger partial charge in [0.25, 0.3) is 0 Å². The summed E-state index contributed by atoms with van der Waals surface area (Å²) in [6.07, 6.45) is 7.50. The maximum Gasteiger partial charge on any atom is 0.191 e. The molecule has 2 atom stereocenters. The SMILES string of the molecule is CCNC(=NCC1(C)CCCCC1O)NCCc1csc(N2CCCC2)n1.I. The van der Waals surface area contributed by atoms with E-state index in [-0.39, 0.29) is 35.5 Å².